The first-order valence-electron chi connectivity index (χ1n) is 7.26. The van der Waals surface area contributed by atoms with Crippen molar-refractivity contribution in [3.63, 3.8) is 0 Å². The van der Waals surface area contributed by atoms with Crippen molar-refractivity contribution >= 4 is 0 Å². The highest BCUT2D eigenvalue weighted by Crippen LogP contribution is 2.26. The molecular weight excluding hydrogens is 248 g/mol. The standard InChI is InChI=1S/C16H22N4/c1-12-9-13(2)18-16(17-12)14-6-8-20(10-14)11-15-5-4-7-19(15)3/h4-5,7,9,14H,6,8,10-11H2,1-3H3/t14-/m1/s1. The molecule has 0 aromatic carbocycles. The molecule has 0 N–H and O–H groups in total. The zero-order valence-electron chi connectivity index (χ0n) is 12.5. The van der Waals surface area contributed by atoms with Crippen LogP contribution in [0.25, 0.3) is 0 Å². The van der Waals surface area contributed by atoms with Crippen LogP contribution in [0.2, 0.25) is 0 Å². The first-order chi connectivity index (χ1) is 9.61. The lowest BCUT2D eigenvalue weighted by molar-refractivity contribution is 0.318. The summed E-state index contributed by atoms with van der Waals surface area (Å²) in [5.41, 5.74) is 3.52. The van der Waals surface area contributed by atoms with Gasteiger partial charge in [-0.3, -0.25) is 4.90 Å². The maximum absolute atomic E-state index is 4.62. The van der Waals surface area contributed by atoms with Gasteiger partial charge in [0.05, 0.1) is 0 Å². The molecule has 20 heavy (non-hydrogen) atoms. The minimum atomic E-state index is 0.480. The van der Waals surface area contributed by atoms with Crippen molar-refractivity contribution in [2.75, 3.05) is 13.1 Å². The molecule has 1 aliphatic rings. The molecular formula is C16H22N4. The van der Waals surface area contributed by atoms with E-state index in [-0.39, 0.29) is 0 Å². The molecule has 1 fully saturated rings. The topological polar surface area (TPSA) is 34.0 Å². The monoisotopic (exact) mass is 270 g/mol. The number of nitrogens with zero attached hydrogens (tertiary/aromatic N) is 4. The normalized spacial score (nSPS) is 19.6. The molecule has 1 aliphatic heterocycles. The molecule has 0 radical (unpaired) electrons. The molecule has 2 aromatic heterocycles. The Labute approximate surface area is 120 Å². The molecule has 4 nitrogen and oxygen atoms in total. The van der Waals surface area contributed by atoms with Crippen LogP contribution in [0.5, 0.6) is 0 Å². The Hall–Kier alpha value is -1.68. The van der Waals surface area contributed by atoms with E-state index in [9.17, 15) is 0 Å². The lowest BCUT2D eigenvalue weighted by atomic mass is 10.1. The Morgan fingerprint density at radius 1 is 1.25 bits per heavy atom. The quantitative estimate of drug-likeness (QED) is 0.859. The van der Waals surface area contributed by atoms with Gasteiger partial charge in [-0.05, 0) is 45.0 Å². The van der Waals surface area contributed by atoms with E-state index >= 15 is 0 Å². The summed E-state index contributed by atoms with van der Waals surface area (Å²) in [5, 5.41) is 0. The van der Waals surface area contributed by atoms with Crippen LogP contribution in [0.15, 0.2) is 24.4 Å². The average molecular weight is 270 g/mol. The Balaban J connectivity index is 1.69. The van der Waals surface area contributed by atoms with Crippen molar-refractivity contribution in [1.82, 2.24) is 19.4 Å². The summed E-state index contributed by atoms with van der Waals surface area (Å²) in [6.07, 6.45) is 3.27. The van der Waals surface area contributed by atoms with E-state index in [1.165, 1.54) is 5.69 Å². The third-order valence-electron chi connectivity index (χ3n) is 4.07. The fraction of sp³-hybridized carbons (Fsp3) is 0.500. The maximum atomic E-state index is 4.62. The number of aromatic nitrogens is 3. The maximum Gasteiger partial charge on any atom is 0.133 e. The van der Waals surface area contributed by atoms with Gasteiger partial charge in [-0.1, -0.05) is 0 Å². The highest BCUT2D eigenvalue weighted by atomic mass is 15.2. The van der Waals surface area contributed by atoms with Gasteiger partial charge in [0.25, 0.3) is 0 Å². The van der Waals surface area contributed by atoms with Crippen molar-refractivity contribution in [3.8, 4) is 0 Å². The van der Waals surface area contributed by atoms with Crippen molar-refractivity contribution < 1.29 is 0 Å². The number of likely N-dealkylation sites (tertiary alicyclic amines) is 1. The smallest absolute Gasteiger partial charge is 0.133 e. The highest BCUT2D eigenvalue weighted by molar-refractivity contribution is 5.13. The van der Waals surface area contributed by atoms with Crippen LogP contribution >= 0.6 is 0 Å². The van der Waals surface area contributed by atoms with Crippen LogP contribution in [0, 0.1) is 13.8 Å². The van der Waals surface area contributed by atoms with Gasteiger partial charge in [0, 0.05) is 49.3 Å². The number of aryl methyl sites for hydroxylation is 3. The predicted octanol–water partition coefficient (Wildman–Crippen LogP) is 2.42. The average Bonchev–Trinajstić information content (AvgIpc) is 2.99. The van der Waals surface area contributed by atoms with E-state index in [0.29, 0.717) is 5.92 Å². The summed E-state index contributed by atoms with van der Waals surface area (Å²) < 4.78 is 2.20. The molecule has 3 rings (SSSR count). The molecule has 0 aliphatic carbocycles. The van der Waals surface area contributed by atoms with Crippen LogP contribution in [0.1, 0.15) is 35.2 Å². The molecule has 4 heteroatoms. The summed E-state index contributed by atoms with van der Waals surface area (Å²) in [6.45, 7) is 7.31. The van der Waals surface area contributed by atoms with Gasteiger partial charge in [0.2, 0.25) is 0 Å². The molecule has 106 valence electrons. The molecule has 0 bridgehead atoms. The van der Waals surface area contributed by atoms with Crippen LogP contribution in [-0.4, -0.2) is 32.5 Å². The Kier molecular flexibility index (Phi) is 3.57. The van der Waals surface area contributed by atoms with Gasteiger partial charge in [-0.15, -0.1) is 0 Å². The van der Waals surface area contributed by atoms with Crippen molar-refractivity contribution in [3.05, 3.63) is 47.3 Å². The van der Waals surface area contributed by atoms with E-state index in [0.717, 1.165) is 43.3 Å². The van der Waals surface area contributed by atoms with E-state index in [4.69, 9.17) is 0 Å². The molecule has 0 unspecified atom stereocenters. The minimum Gasteiger partial charge on any atom is -0.353 e. The van der Waals surface area contributed by atoms with Gasteiger partial charge >= 0.3 is 0 Å². The zero-order valence-corrected chi connectivity index (χ0v) is 12.5. The van der Waals surface area contributed by atoms with Crippen LogP contribution in [0.3, 0.4) is 0 Å². The molecule has 1 saturated heterocycles. The molecule has 3 heterocycles. The van der Waals surface area contributed by atoms with Crippen LogP contribution < -0.4 is 0 Å². The van der Waals surface area contributed by atoms with Crippen LogP contribution in [0.4, 0.5) is 0 Å². The van der Waals surface area contributed by atoms with Crippen LogP contribution in [-0.2, 0) is 13.6 Å². The fourth-order valence-corrected chi connectivity index (χ4v) is 3.01. The first kappa shape index (κ1) is 13.3. The highest BCUT2D eigenvalue weighted by Gasteiger charge is 2.26. The number of hydrogen-bond donors (Lipinski definition) is 0. The van der Waals surface area contributed by atoms with Gasteiger partial charge in [-0.25, -0.2) is 9.97 Å². The van der Waals surface area contributed by atoms with Crippen molar-refractivity contribution in [1.29, 1.82) is 0 Å². The van der Waals surface area contributed by atoms with Gasteiger partial charge < -0.3 is 4.57 Å². The first-order valence-corrected chi connectivity index (χ1v) is 7.26. The molecule has 0 spiro atoms. The van der Waals surface area contributed by atoms with Crippen molar-refractivity contribution in [2.24, 2.45) is 7.05 Å². The molecule has 2 aromatic rings. The Morgan fingerprint density at radius 3 is 2.65 bits per heavy atom. The van der Waals surface area contributed by atoms with E-state index < -0.39 is 0 Å². The summed E-state index contributed by atoms with van der Waals surface area (Å²) in [5.74, 6) is 1.51. The second kappa shape index (κ2) is 5.37. The van der Waals surface area contributed by atoms with Gasteiger partial charge in [0.15, 0.2) is 0 Å². The largest absolute Gasteiger partial charge is 0.353 e. The third-order valence-corrected chi connectivity index (χ3v) is 4.07. The summed E-state index contributed by atoms with van der Waals surface area (Å²) in [6, 6.07) is 6.34. The fourth-order valence-electron chi connectivity index (χ4n) is 3.01. The second-order valence-electron chi connectivity index (χ2n) is 5.84. The van der Waals surface area contributed by atoms with Gasteiger partial charge in [0.1, 0.15) is 5.82 Å². The molecule has 0 saturated carbocycles. The SMILES string of the molecule is Cc1cc(C)nc([C@@H]2CCN(Cc3cccn3C)C2)n1. The Morgan fingerprint density at radius 2 is 2.00 bits per heavy atom. The second-order valence-corrected chi connectivity index (χ2v) is 5.84. The zero-order chi connectivity index (χ0) is 14.1. The van der Waals surface area contributed by atoms with E-state index in [1.54, 1.807) is 0 Å². The molecule has 0 amide bonds. The van der Waals surface area contributed by atoms with E-state index in [2.05, 4.69) is 58.7 Å². The minimum absolute atomic E-state index is 0.480. The Bertz CT molecular complexity index is 582. The van der Waals surface area contributed by atoms with E-state index in [1.807, 2.05) is 6.07 Å². The lowest BCUT2D eigenvalue weighted by Gasteiger charge is -2.16. The molecule has 1 atom stereocenters. The third kappa shape index (κ3) is 2.75. The van der Waals surface area contributed by atoms with Crippen molar-refractivity contribution in [2.45, 2.75) is 32.7 Å². The predicted molar refractivity (Wildman–Crippen MR) is 79.6 cm³/mol. The van der Waals surface area contributed by atoms with Gasteiger partial charge in [-0.2, -0.15) is 0 Å². The lowest BCUT2D eigenvalue weighted by Crippen LogP contribution is -2.21. The summed E-state index contributed by atoms with van der Waals surface area (Å²) >= 11 is 0. The number of rotatable bonds is 3. The number of hydrogen-bond acceptors (Lipinski definition) is 3. The summed E-state index contributed by atoms with van der Waals surface area (Å²) in [7, 11) is 2.11. The summed E-state index contributed by atoms with van der Waals surface area (Å²) in [4.78, 5) is 11.7.